The predicted octanol–water partition coefficient (Wildman–Crippen LogP) is 3.27. The highest BCUT2D eigenvalue weighted by atomic mass is 35.5. The first kappa shape index (κ1) is 11.2. The summed E-state index contributed by atoms with van der Waals surface area (Å²) < 4.78 is 1.80. The summed E-state index contributed by atoms with van der Waals surface area (Å²) in [6, 6.07) is 11.5. The lowest BCUT2D eigenvalue weighted by atomic mass is 10.1. The van der Waals surface area contributed by atoms with Crippen molar-refractivity contribution in [2.24, 2.45) is 0 Å². The van der Waals surface area contributed by atoms with E-state index in [2.05, 4.69) is 0 Å². The minimum absolute atomic E-state index is 0.453. The SMILES string of the molecule is OC(CCc1ccc(Cl)cc1)n1cccc1. The van der Waals surface area contributed by atoms with Gasteiger partial charge < -0.3 is 9.67 Å². The van der Waals surface area contributed by atoms with Gasteiger partial charge >= 0.3 is 0 Å². The van der Waals surface area contributed by atoms with Gasteiger partial charge in [0.15, 0.2) is 0 Å². The number of aromatic nitrogens is 1. The van der Waals surface area contributed by atoms with E-state index in [0.29, 0.717) is 6.42 Å². The number of halogens is 1. The van der Waals surface area contributed by atoms with Crippen LogP contribution in [0.3, 0.4) is 0 Å². The molecule has 0 radical (unpaired) electrons. The smallest absolute Gasteiger partial charge is 0.130 e. The Bertz CT molecular complexity index is 422. The van der Waals surface area contributed by atoms with Crippen LogP contribution in [0.1, 0.15) is 18.2 Å². The molecule has 1 heterocycles. The molecule has 84 valence electrons. The highest BCUT2D eigenvalue weighted by Crippen LogP contribution is 2.15. The number of hydrogen-bond donors (Lipinski definition) is 1. The van der Waals surface area contributed by atoms with Crippen molar-refractivity contribution in [3.05, 3.63) is 59.4 Å². The van der Waals surface area contributed by atoms with Crippen LogP contribution in [0, 0.1) is 0 Å². The van der Waals surface area contributed by atoms with Crippen molar-refractivity contribution in [1.29, 1.82) is 0 Å². The van der Waals surface area contributed by atoms with E-state index in [1.54, 1.807) is 4.57 Å². The first-order valence-electron chi connectivity index (χ1n) is 5.30. The molecule has 1 unspecified atom stereocenters. The van der Waals surface area contributed by atoms with Gasteiger partial charge in [0.25, 0.3) is 0 Å². The molecule has 1 atom stereocenters. The molecular formula is C13H14ClNO. The third kappa shape index (κ3) is 2.87. The maximum Gasteiger partial charge on any atom is 0.130 e. The van der Waals surface area contributed by atoms with Crippen LogP contribution in [0.25, 0.3) is 0 Å². The minimum atomic E-state index is -0.453. The largest absolute Gasteiger partial charge is 0.373 e. The van der Waals surface area contributed by atoms with Crippen molar-refractivity contribution in [3.63, 3.8) is 0 Å². The Morgan fingerprint density at radius 2 is 1.75 bits per heavy atom. The lowest BCUT2D eigenvalue weighted by Gasteiger charge is -2.12. The molecule has 0 saturated heterocycles. The fourth-order valence-corrected chi connectivity index (χ4v) is 1.77. The summed E-state index contributed by atoms with van der Waals surface area (Å²) in [7, 11) is 0. The zero-order valence-electron chi connectivity index (χ0n) is 8.88. The molecule has 0 fully saturated rings. The number of nitrogens with zero attached hydrogens (tertiary/aromatic N) is 1. The number of aryl methyl sites for hydroxylation is 1. The van der Waals surface area contributed by atoms with Crippen molar-refractivity contribution < 1.29 is 5.11 Å². The molecule has 0 spiro atoms. The van der Waals surface area contributed by atoms with Gasteiger partial charge in [-0.25, -0.2) is 0 Å². The zero-order chi connectivity index (χ0) is 11.4. The van der Waals surface area contributed by atoms with Crippen LogP contribution in [0.2, 0.25) is 5.02 Å². The van der Waals surface area contributed by atoms with Crippen LogP contribution in [0.15, 0.2) is 48.8 Å². The Balaban J connectivity index is 1.90. The van der Waals surface area contributed by atoms with Crippen LogP contribution in [0.5, 0.6) is 0 Å². The second-order valence-electron chi connectivity index (χ2n) is 3.78. The monoisotopic (exact) mass is 235 g/mol. The number of rotatable bonds is 4. The topological polar surface area (TPSA) is 25.2 Å². The molecule has 0 saturated carbocycles. The van der Waals surface area contributed by atoms with Gasteiger partial charge in [0, 0.05) is 17.4 Å². The summed E-state index contributed by atoms with van der Waals surface area (Å²) in [6.07, 6.45) is 4.83. The fraction of sp³-hybridized carbons (Fsp3) is 0.231. The first-order valence-corrected chi connectivity index (χ1v) is 5.68. The van der Waals surface area contributed by atoms with E-state index >= 15 is 0 Å². The molecule has 1 aromatic carbocycles. The second-order valence-corrected chi connectivity index (χ2v) is 4.21. The Hall–Kier alpha value is -1.25. The van der Waals surface area contributed by atoms with E-state index < -0.39 is 6.23 Å². The van der Waals surface area contributed by atoms with E-state index in [-0.39, 0.29) is 0 Å². The zero-order valence-corrected chi connectivity index (χ0v) is 9.64. The van der Waals surface area contributed by atoms with Crippen molar-refractivity contribution in [2.75, 3.05) is 0 Å². The van der Waals surface area contributed by atoms with Crippen molar-refractivity contribution in [2.45, 2.75) is 19.1 Å². The molecule has 2 nitrogen and oxygen atoms in total. The Morgan fingerprint density at radius 1 is 1.12 bits per heavy atom. The standard InChI is InChI=1S/C13H14ClNO/c14-12-6-3-11(4-7-12)5-8-13(16)15-9-1-2-10-15/h1-4,6-7,9-10,13,16H,5,8H2. The van der Waals surface area contributed by atoms with E-state index in [1.165, 1.54) is 5.56 Å². The number of aliphatic hydroxyl groups is 1. The van der Waals surface area contributed by atoms with Crippen LogP contribution < -0.4 is 0 Å². The summed E-state index contributed by atoms with van der Waals surface area (Å²) in [4.78, 5) is 0. The van der Waals surface area contributed by atoms with Crippen molar-refractivity contribution in [1.82, 2.24) is 4.57 Å². The maximum atomic E-state index is 9.86. The van der Waals surface area contributed by atoms with Gasteiger partial charge in [-0.3, -0.25) is 0 Å². The van der Waals surface area contributed by atoms with Gasteiger partial charge in [0.2, 0.25) is 0 Å². The summed E-state index contributed by atoms with van der Waals surface area (Å²) in [5.41, 5.74) is 1.19. The Kier molecular flexibility index (Phi) is 3.65. The average Bonchev–Trinajstić information content (AvgIpc) is 2.81. The van der Waals surface area contributed by atoms with Crippen LogP contribution in [-0.2, 0) is 6.42 Å². The third-order valence-electron chi connectivity index (χ3n) is 2.58. The molecule has 1 N–H and O–H groups in total. The molecule has 2 rings (SSSR count). The number of aliphatic hydroxyl groups excluding tert-OH is 1. The molecule has 0 bridgehead atoms. The molecule has 0 aliphatic rings. The summed E-state index contributed by atoms with van der Waals surface area (Å²) in [5.74, 6) is 0. The second kappa shape index (κ2) is 5.19. The molecule has 16 heavy (non-hydrogen) atoms. The third-order valence-corrected chi connectivity index (χ3v) is 2.83. The lowest BCUT2D eigenvalue weighted by molar-refractivity contribution is 0.0952. The van der Waals surface area contributed by atoms with Gasteiger partial charge in [0.05, 0.1) is 0 Å². The summed E-state index contributed by atoms with van der Waals surface area (Å²) in [5, 5.41) is 10.6. The normalized spacial score (nSPS) is 12.6. The quantitative estimate of drug-likeness (QED) is 0.865. The average molecular weight is 236 g/mol. The van der Waals surface area contributed by atoms with E-state index in [0.717, 1.165) is 11.4 Å². The highest BCUT2D eigenvalue weighted by molar-refractivity contribution is 6.30. The number of hydrogen-bond acceptors (Lipinski definition) is 1. The Labute approximate surface area is 100 Å². The van der Waals surface area contributed by atoms with Crippen LogP contribution in [-0.4, -0.2) is 9.67 Å². The lowest BCUT2D eigenvalue weighted by Crippen LogP contribution is -2.06. The highest BCUT2D eigenvalue weighted by Gasteiger charge is 2.04. The van der Waals surface area contributed by atoms with E-state index in [4.69, 9.17) is 11.6 Å². The maximum absolute atomic E-state index is 9.86. The van der Waals surface area contributed by atoms with E-state index in [9.17, 15) is 5.11 Å². The van der Waals surface area contributed by atoms with Crippen LogP contribution in [0.4, 0.5) is 0 Å². The van der Waals surface area contributed by atoms with E-state index in [1.807, 2.05) is 48.8 Å². The van der Waals surface area contributed by atoms with Gasteiger partial charge in [0.1, 0.15) is 6.23 Å². The van der Waals surface area contributed by atoms with Crippen molar-refractivity contribution in [3.8, 4) is 0 Å². The molecule has 2 aromatic rings. The Morgan fingerprint density at radius 3 is 2.38 bits per heavy atom. The van der Waals surface area contributed by atoms with Crippen LogP contribution >= 0.6 is 11.6 Å². The molecular weight excluding hydrogens is 222 g/mol. The summed E-state index contributed by atoms with van der Waals surface area (Å²) >= 11 is 5.80. The predicted molar refractivity (Wildman–Crippen MR) is 65.5 cm³/mol. The number of benzene rings is 1. The summed E-state index contributed by atoms with van der Waals surface area (Å²) in [6.45, 7) is 0. The van der Waals surface area contributed by atoms with Gasteiger partial charge in [-0.15, -0.1) is 0 Å². The first-order chi connectivity index (χ1) is 7.75. The minimum Gasteiger partial charge on any atom is -0.373 e. The van der Waals surface area contributed by atoms with Crippen molar-refractivity contribution >= 4 is 11.6 Å². The molecule has 3 heteroatoms. The molecule has 1 aromatic heterocycles. The fourth-order valence-electron chi connectivity index (χ4n) is 1.64. The molecule has 0 aliphatic heterocycles. The van der Waals surface area contributed by atoms with Gasteiger partial charge in [-0.05, 0) is 42.7 Å². The molecule has 0 amide bonds. The van der Waals surface area contributed by atoms with Gasteiger partial charge in [-0.1, -0.05) is 23.7 Å². The molecule has 0 aliphatic carbocycles. The van der Waals surface area contributed by atoms with Gasteiger partial charge in [-0.2, -0.15) is 0 Å².